The summed E-state index contributed by atoms with van der Waals surface area (Å²) in [5, 5.41) is 9.60. The van der Waals surface area contributed by atoms with Gasteiger partial charge in [-0.15, -0.1) is 0 Å². The van der Waals surface area contributed by atoms with Crippen LogP contribution in [-0.2, 0) is 6.42 Å². The van der Waals surface area contributed by atoms with Gasteiger partial charge >= 0.3 is 0 Å². The molecule has 1 heterocycles. The van der Waals surface area contributed by atoms with Gasteiger partial charge in [0.25, 0.3) is 0 Å². The molecule has 0 aliphatic carbocycles. The Bertz CT molecular complexity index is 841. The molecule has 3 aromatic rings. The number of benzene rings is 2. The number of rotatable bonds is 4. The first-order valence-corrected chi connectivity index (χ1v) is 8.28. The van der Waals surface area contributed by atoms with Crippen molar-refractivity contribution in [1.29, 1.82) is 0 Å². The van der Waals surface area contributed by atoms with Crippen LogP contribution >= 0.6 is 0 Å². The molecule has 0 amide bonds. The molecule has 0 bridgehead atoms. The maximum Gasteiger partial charge on any atom is 0.115 e. The van der Waals surface area contributed by atoms with E-state index in [4.69, 9.17) is 10.2 Å². The third-order valence-electron chi connectivity index (χ3n) is 4.35. The van der Waals surface area contributed by atoms with Crippen LogP contribution in [0.25, 0.3) is 22.3 Å². The fraction of sp³-hybridized carbons (Fsp3) is 0.238. The highest BCUT2D eigenvalue weighted by molar-refractivity contribution is 5.93. The van der Waals surface area contributed by atoms with Crippen LogP contribution in [-0.4, -0.2) is 5.11 Å². The molecule has 0 atom stereocenters. The van der Waals surface area contributed by atoms with Gasteiger partial charge in [-0.25, -0.2) is 0 Å². The van der Waals surface area contributed by atoms with Crippen molar-refractivity contribution in [3.63, 3.8) is 0 Å². The van der Waals surface area contributed by atoms with E-state index >= 15 is 0 Å². The molecule has 0 fully saturated rings. The van der Waals surface area contributed by atoms with Crippen LogP contribution < -0.4 is 5.73 Å². The van der Waals surface area contributed by atoms with Crippen LogP contribution in [0.4, 0.5) is 5.69 Å². The summed E-state index contributed by atoms with van der Waals surface area (Å²) in [5.74, 6) is 1.12. The van der Waals surface area contributed by atoms with Gasteiger partial charge < -0.3 is 15.3 Å². The molecule has 2 aromatic carbocycles. The highest BCUT2D eigenvalue weighted by Gasteiger charge is 2.18. The summed E-state index contributed by atoms with van der Waals surface area (Å²) in [6.45, 7) is 6.16. The molecule has 24 heavy (non-hydrogen) atoms. The van der Waals surface area contributed by atoms with Gasteiger partial charge in [-0.1, -0.05) is 31.5 Å². The minimum absolute atomic E-state index is 0.258. The Morgan fingerprint density at radius 1 is 1.04 bits per heavy atom. The maximum absolute atomic E-state index is 9.60. The molecule has 3 rings (SSSR count). The van der Waals surface area contributed by atoms with E-state index in [2.05, 4.69) is 19.1 Å². The van der Waals surface area contributed by atoms with Crippen molar-refractivity contribution in [1.82, 2.24) is 0 Å². The molecule has 0 aliphatic heterocycles. The minimum Gasteiger partial charge on any atom is -0.508 e. The quantitative estimate of drug-likeness (QED) is 0.626. The summed E-state index contributed by atoms with van der Waals surface area (Å²) in [4.78, 5) is 0. The Hall–Kier alpha value is -2.68. The van der Waals surface area contributed by atoms with Crippen molar-refractivity contribution < 1.29 is 9.52 Å². The summed E-state index contributed by atoms with van der Waals surface area (Å²) < 4.78 is 5.60. The average Bonchev–Trinajstić information content (AvgIpc) is 2.87. The van der Waals surface area contributed by atoms with Gasteiger partial charge in [-0.2, -0.15) is 0 Å². The van der Waals surface area contributed by atoms with E-state index in [1.165, 1.54) is 5.56 Å². The van der Waals surface area contributed by atoms with Gasteiger partial charge in [-0.3, -0.25) is 0 Å². The Balaban J connectivity index is 2.29. The summed E-state index contributed by atoms with van der Waals surface area (Å²) in [5.41, 5.74) is 13.7. The van der Waals surface area contributed by atoms with Crippen LogP contribution in [0.3, 0.4) is 0 Å². The molecule has 3 heteroatoms. The number of aromatic hydroxyl groups is 1. The molecule has 3 nitrogen and oxygen atoms in total. The number of nitrogens with two attached hydrogens (primary N) is 1. The zero-order valence-corrected chi connectivity index (χ0v) is 14.4. The minimum atomic E-state index is 0.258. The maximum atomic E-state index is 9.60. The molecule has 0 spiro atoms. The van der Waals surface area contributed by atoms with Gasteiger partial charge in [0.05, 0.1) is 6.26 Å². The third kappa shape index (κ3) is 2.90. The number of hydrogen-bond acceptors (Lipinski definition) is 3. The van der Waals surface area contributed by atoms with Crippen LogP contribution in [0.15, 0.2) is 47.1 Å². The van der Waals surface area contributed by atoms with E-state index in [0.717, 1.165) is 52.1 Å². The molecule has 0 saturated carbocycles. The fourth-order valence-corrected chi connectivity index (χ4v) is 3.25. The van der Waals surface area contributed by atoms with Crippen molar-refractivity contribution in [2.45, 2.75) is 33.6 Å². The number of aryl methyl sites for hydroxylation is 3. The Labute approximate surface area is 142 Å². The lowest BCUT2D eigenvalue weighted by molar-refractivity contribution is 0.475. The average molecular weight is 321 g/mol. The van der Waals surface area contributed by atoms with Crippen molar-refractivity contribution in [2.24, 2.45) is 0 Å². The Morgan fingerprint density at radius 2 is 1.75 bits per heavy atom. The van der Waals surface area contributed by atoms with Crippen molar-refractivity contribution in [2.75, 3.05) is 5.73 Å². The van der Waals surface area contributed by atoms with E-state index in [1.54, 1.807) is 18.4 Å². The summed E-state index contributed by atoms with van der Waals surface area (Å²) >= 11 is 0. The molecule has 124 valence electrons. The van der Waals surface area contributed by atoms with Crippen molar-refractivity contribution >= 4 is 5.69 Å². The third-order valence-corrected chi connectivity index (χ3v) is 4.35. The van der Waals surface area contributed by atoms with Gasteiger partial charge in [0.2, 0.25) is 0 Å². The largest absolute Gasteiger partial charge is 0.508 e. The fourth-order valence-electron chi connectivity index (χ4n) is 3.25. The van der Waals surface area contributed by atoms with Gasteiger partial charge in [0.15, 0.2) is 0 Å². The Kier molecular flexibility index (Phi) is 4.34. The zero-order valence-electron chi connectivity index (χ0n) is 14.4. The van der Waals surface area contributed by atoms with Crippen LogP contribution in [0.1, 0.15) is 30.2 Å². The molecular weight excluding hydrogens is 298 g/mol. The topological polar surface area (TPSA) is 59.4 Å². The smallest absolute Gasteiger partial charge is 0.115 e. The predicted molar refractivity (Wildman–Crippen MR) is 99.1 cm³/mol. The standard InChI is InChI=1S/C21H23NO2/c1-4-5-15-10-18(16-6-8-17(23)9-7-16)21(19(22)11-15)20-13(2)12-24-14(20)3/h6-12,23H,4-5,22H2,1-3H3. The molecule has 0 saturated heterocycles. The van der Waals surface area contributed by atoms with E-state index in [-0.39, 0.29) is 5.75 Å². The number of phenols is 1. The van der Waals surface area contributed by atoms with E-state index < -0.39 is 0 Å². The van der Waals surface area contributed by atoms with Crippen molar-refractivity contribution in [3.8, 4) is 28.0 Å². The lowest BCUT2D eigenvalue weighted by atomic mass is 9.89. The molecule has 1 aromatic heterocycles. The number of hydrogen-bond donors (Lipinski definition) is 2. The summed E-state index contributed by atoms with van der Waals surface area (Å²) in [6.07, 6.45) is 3.82. The van der Waals surface area contributed by atoms with E-state index in [1.807, 2.05) is 26.0 Å². The first-order valence-electron chi connectivity index (χ1n) is 8.28. The highest BCUT2D eigenvalue weighted by Crippen LogP contribution is 2.41. The highest BCUT2D eigenvalue weighted by atomic mass is 16.3. The number of anilines is 1. The normalized spacial score (nSPS) is 11.0. The molecule has 0 radical (unpaired) electrons. The molecule has 0 aliphatic rings. The second-order valence-electron chi connectivity index (χ2n) is 6.25. The first kappa shape index (κ1) is 16.2. The van der Waals surface area contributed by atoms with Crippen LogP contribution in [0.2, 0.25) is 0 Å². The van der Waals surface area contributed by atoms with E-state index in [9.17, 15) is 5.11 Å². The lowest BCUT2D eigenvalue weighted by Crippen LogP contribution is -1.98. The summed E-state index contributed by atoms with van der Waals surface area (Å²) in [6, 6.07) is 11.5. The van der Waals surface area contributed by atoms with Gasteiger partial charge in [0.1, 0.15) is 11.5 Å². The number of furan rings is 1. The second-order valence-corrected chi connectivity index (χ2v) is 6.25. The lowest BCUT2D eigenvalue weighted by Gasteiger charge is -2.16. The molecule has 0 unspecified atom stereocenters. The SMILES string of the molecule is CCCc1cc(N)c(-c2c(C)coc2C)c(-c2ccc(O)cc2)c1. The molecule has 3 N–H and O–H groups in total. The van der Waals surface area contributed by atoms with Crippen LogP contribution in [0.5, 0.6) is 5.75 Å². The zero-order chi connectivity index (χ0) is 17.3. The van der Waals surface area contributed by atoms with Gasteiger partial charge in [0, 0.05) is 16.8 Å². The number of nitrogen functional groups attached to an aromatic ring is 1. The number of phenolic OH excluding ortho intramolecular Hbond substituents is 1. The predicted octanol–water partition coefficient (Wildman–Crippen LogP) is 5.47. The Morgan fingerprint density at radius 3 is 2.33 bits per heavy atom. The molecular formula is C21H23NO2. The van der Waals surface area contributed by atoms with Gasteiger partial charge in [-0.05, 0) is 60.7 Å². The monoisotopic (exact) mass is 321 g/mol. The summed E-state index contributed by atoms with van der Waals surface area (Å²) in [7, 11) is 0. The second kappa shape index (κ2) is 6.44. The van der Waals surface area contributed by atoms with E-state index in [0.29, 0.717) is 0 Å². The van der Waals surface area contributed by atoms with Crippen LogP contribution in [0, 0.1) is 13.8 Å². The van der Waals surface area contributed by atoms with Crippen molar-refractivity contribution in [3.05, 3.63) is 59.5 Å². The first-order chi connectivity index (χ1) is 11.5.